The number of amides is 1. The van der Waals surface area contributed by atoms with Crippen LogP contribution in [0.1, 0.15) is 44.4 Å². The fourth-order valence-corrected chi connectivity index (χ4v) is 4.49. The maximum absolute atomic E-state index is 13.1. The highest BCUT2D eigenvalue weighted by molar-refractivity contribution is 6.30. The molecule has 3 aromatic rings. The first-order chi connectivity index (χ1) is 19.8. The molecule has 41 heavy (non-hydrogen) atoms. The van der Waals surface area contributed by atoms with Gasteiger partial charge in [-0.05, 0) is 67.8 Å². The molecule has 1 saturated heterocycles. The Labute approximate surface area is 254 Å². The molecule has 1 aliphatic rings. The minimum atomic E-state index is -0.469. The second kappa shape index (κ2) is 18.4. The van der Waals surface area contributed by atoms with Crippen molar-refractivity contribution in [2.75, 3.05) is 27.4 Å². The van der Waals surface area contributed by atoms with Crippen molar-refractivity contribution in [1.29, 1.82) is 0 Å². The molecule has 0 bridgehead atoms. The SMILES string of the molecule is C=CC.CCC(COCc1ccc(OC)c(OC)c1)N1C(=O)C(C)OCC1c1ccc(Cl)cc1.Clc1ccccc1. The average Bonchev–Trinajstić information content (AvgIpc) is 2.98. The molecule has 0 N–H and O–H groups in total. The third-order valence-corrected chi connectivity index (χ3v) is 6.83. The molecule has 0 spiro atoms. The summed E-state index contributed by atoms with van der Waals surface area (Å²) < 4.78 is 22.4. The number of benzene rings is 3. The van der Waals surface area contributed by atoms with Crippen molar-refractivity contribution in [2.24, 2.45) is 0 Å². The molecule has 6 nitrogen and oxygen atoms in total. The van der Waals surface area contributed by atoms with E-state index < -0.39 is 6.10 Å². The number of methoxy groups -OCH3 is 2. The van der Waals surface area contributed by atoms with E-state index in [1.54, 1.807) is 27.2 Å². The largest absolute Gasteiger partial charge is 0.493 e. The van der Waals surface area contributed by atoms with Gasteiger partial charge in [0, 0.05) is 10.0 Å². The van der Waals surface area contributed by atoms with Gasteiger partial charge in [0.2, 0.25) is 0 Å². The number of nitrogens with zero attached hydrogens (tertiary/aromatic N) is 1. The van der Waals surface area contributed by atoms with Crippen molar-refractivity contribution in [3.63, 3.8) is 0 Å². The Kier molecular flexibility index (Phi) is 15.3. The van der Waals surface area contributed by atoms with Gasteiger partial charge in [-0.15, -0.1) is 6.58 Å². The van der Waals surface area contributed by atoms with Crippen LogP contribution in [0.2, 0.25) is 10.0 Å². The summed E-state index contributed by atoms with van der Waals surface area (Å²) in [7, 11) is 3.22. The van der Waals surface area contributed by atoms with Crippen LogP contribution in [0.5, 0.6) is 11.5 Å². The third-order valence-electron chi connectivity index (χ3n) is 6.32. The number of halogens is 2. The number of carbonyl (C=O) groups excluding carboxylic acids is 1. The van der Waals surface area contributed by atoms with Gasteiger partial charge >= 0.3 is 0 Å². The van der Waals surface area contributed by atoms with E-state index in [0.29, 0.717) is 36.3 Å². The lowest BCUT2D eigenvalue weighted by Gasteiger charge is -2.43. The zero-order valence-corrected chi connectivity index (χ0v) is 26.0. The molecular formula is C33H41Cl2NO5. The minimum absolute atomic E-state index is 0.0206. The standard InChI is InChI=1S/C24H30ClNO5.C6H5Cl.C3H6/c1-5-20(14-30-13-17-6-11-22(28-3)23(12-17)29-4)26-21(15-31-16(2)24(26)27)18-7-9-19(25)10-8-18;7-6-4-2-1-3-5-6;1-3-2/h6-12,16,20-21H,5,13-15H2,1-4H3;1-5H;3H,1H2,2H3. The molecule has 1 heterocycles. The van der Waals surface area contributed by atoms with Gasteiger partial charge in [-0.25, -0.2) is 0 Å². The molecule has 1 amide bonds. The van der Waals surface area contributed by atoms with Crippen LogP contribution in [0.3, 0.4) is 0 Å². The van der Waals surface area contributed by atoms with Crippen molar-refractivity contribution in [2.45, 2.75) is 52.0 Å². The lowest BCUT2D eigenvalue weighted by molar-refractivity contribution is -0.164. The van der Waals surface area contributed by atoms with Crippen LogP contribution in [-0.4, -0.2) is 50.4 Å². The average molecular weight is 603 g/mol. The molecule has 1 fully saturated rings. The third kappa shape index (κ3) is 10.7. The Bertz CT molecular complexity index is 1190. The van der Waals surface area contributed by atoms with Crippen LogP contribution in [0, 0.1) is 0 Å². The van der Waals surface area contributed by atoms with E-state index in [2.05, 4.69) is 13.5 Å². The second-order valence-corrected chi connectivity index (χ2v) is 10.1. The first-order valence-corrected chi connectivity index (χ1v) is 14.3. The fourth-order valence-electron chi connectivity index (χ4n) is 4.22. The molecule has 1 aliphatic heterocycles. The number of hydrogen-bond donors (Lipinski definition) is 0. The fraction of sp³-hybridized carbons (Fsp3) is 0.364. The van der Waals surface area contributed by atoms with E-state index in [0.717, 1.165) is 22.6 Å². The number of morpholine rings is 1. The Morgan fingerprint density at radius 3 is 2.15 bits per heavy atom. The summed E-state index contributed by atoms with van der Waals surface area (Å²) in [5.74, 6) is 1.32. The highest BCUT2D eigenvalue weighted by atomic mass is 35.5. The highest BCUT2D eigenvalue weighted by Crippen LogP contribution is 2.32. The first-order valence-electron chi connectivity index (χ1n) is 13.5. The van der Waals surface area contributed by atoms with Gasteiger partial charge in [0.1, 0.15) is 6.10 Å². The maximum Gasteiger partial charge on any atom is 0.252 e. The van der Waals surface area contributed by atoms with Crippen molar-refractivity contribution >= 4 is 29.1 Å². The summed E-state index contributed by atoms with van der Waals surface area (Å²) in [6, 6.07) is 22.5. The van der Waals surface area contributed by atoms with Crippen molar-refractivity contribution in [1.82, 2.24) is 4.90 Å². The Hall–Kier alpha value is -3.03. The van der Waals surface area contributed by atoms with Crippen LogP contribution < -0.4 is 9.47 Å². The molecule has 3 atom stereocenters. The summed E-state index contributed by atoms with van der Waals surface area (Å²) >= 11 is 11.6. The molecule has 0 saturated carbocycles. The van der Waals surface area contributed by atoms with E-state index in [1.165, 1.54) is 0 Å². The van der Waals surface area contributed by atoms with Crippen LogP contribution in [0.25, 0.3) is 0 Å². The van der Waals surface area contributed by atoms with Gasteiger partial charge in [0.25, 0.3) is 5.91 Å². The Morgan fingerprint density at radius 2 is 1.61 bits per heavy atom. The normalized spacial score (nSPS) is 16.9. The number of hydrogen-bond acceptors (Lipinski definition) is 5. The lowest BCUT2D eigenvalue weighted by atomic mass is 10.00. The van der Waals surface area contributed by atoms with E-state index in [4.69, 9.17) is 42.1 Å². The van der Waals surface area contributed by atoms with Gasteiger partial charge < -0.3 is 23.8 Å². The number of ether oxygens (including phenoxy) is 4. The summed E-state index contributed by atoms with van der Waals surface area (Å²) in [4.78, 5) is 15.0. The molecule has 4 rings (SSSR count). The second-order valence-electron chi connectivity index (χ2n) is 9.26. The van der Waals surface area contributed by atoms with E-state index in [1.807, 2.05) is 84.6 Å². The monoisotopic (exact) mass is 601 g/mol. The van der Waals surface area contributed by atoms with Crippen molar-refractivity contribution in [3.05, 3.63) is 107 Å². The van der Waals surface area contributed by atoms with Crippen molar-refractivity contribution < 1.29 is 23.7 Å². The van der Waals surface area contributed by atoms with Gasteiger partial charge in [-0.1, -0.05) is 72.6 Å². The van der Waals surface area contributed by atoms with Crippen LogP contribution >= 0.6 is 23.2 Å². The van der Waals surface area contributed by atoms with E-state index in [-0.39, 0.29) is 18.0 Å². The number of rotatable bonds is 9. The molecular weight excluding hydrogens is 561 g/mol. The first kappa shape index (κ1) is 34.2. The topological polar surface area (TPSA) is 57.2 Å². The number of carbonyl (C=O) groups is 1. The molecule has 8 heteroatoms. The van der Waals surface area contributed by atoms with Crippen LogP contribution in [-0.2, 0) is 20.9 Å². The molecule has 0 aliphatic carbocycles. The summed E-state index contributed by atoms with van der Waals surface area (Å²) in [5, 5.41) is 1.46. The van der Waals surface area contributed by atoms with Gasteiger partial charge in [0.05, 0.1) is 46.1 Å². The van der Waals surface area contributed by atoms with Crippen molar-refractivity contribution in [3.8, 4) is 11.5 Å². The van der Waals surface area contributed by atoms with Gasteiger partial charge in [0.15, 0.2) is 11.5 Å². The van der Waals surface area contributed by atoms with Crippen LogP contribution in [0.15, 0.2) is 85.5 Å². The molecule has 0 radical (unpaired) electrons. The smallest absolute Gasteiger partial charge is 0.252 e. The summed E-state index contributed by atoms with van der Waals surface area (Å²) in [5.41, 5.74) is 1.98. The maximum atomic E-state index is 13.1. The van der Waals surface area contributed by atoms with E-state index in [9.17, 15) is 4.79 Å². The lowest BCUT2D eigenvalue weighted by Crippen LogP contribution is -2.54. The Morgan fingerprint density at radius 1 is 1.00 bits per heavy atom. The van der Waals surface area contributed by atoms with Crippen LogP contribution in [0.4, 0.5) is 0 Å². The molecule has 222 valence electrons. The minimum Gasteiger partial charge on any atom is -0.493 e. The summed E-state index contributed by atoms with van der Waals surface area (Å²) in [6.07, 6.45) is 2.05. The molecule has 0 aromatic heterocycles. The summed E-state index contributed by atoms with van der Waals surface area (Å²) in [6.45, 7) is 10.4. The molecule has 3 unspecified atom stereocenters. The zero-order valence-electron chi connectivity index (χ0n) is 24.5. The van der Waals surface area contributed by atoms with Gasteiger partial charge in [-0.3, -0.25) is 4.79 Å². The predicted molar refractivity (Wildman–Crippen MR) is 167 cm³/mol. The predicted octanol–water partition coefficient (Wildman–Crippen LogP) is 8.17. The van der Waals surface area contributed by atoms with E-state index >= 15 is 0 Å². The number of allylic oxidation sites excluding steroid dienone is 1. The quantitative estimate of drug-likeness (QED) is 0.231. The zero-order chi connectivity index (χ0) is 30.2. The Balaban J connectivity index is 0.000000498. The molecule has 3 aromatic carbocycles. The van der Waals surface area contributed by atoms with Gasteiger partial charge in [-0.2, -0.15) is 0 Å². The highest BCUT2D eigenvalue weighted by Gasteiger charge is 2.38.